The molecule has 1 fully saturated rings. The molecule has 6 heteroatoms. The van der Waals surface area contributed by atoms with E-state index in [-0.39, 0.29) is 24.4 Å². The van der Waals surface area contributed by atoms with Crippen molar-refractivity contribution in [3.05, 3.63) is 16.1 Å². The predicted octanol–water partition coefficient (Wildman–Crippen LogP) is 1.32. The Labute approximate surface area is 117 Å². The molecular weight excluding hydrogens is 262 g/mol. The van der Waals surface area contributed by atoms with Gasteiger partial charge in [0.1, 0.15) is 6.04 Å². The first kappa shape index (κ1) is 14.0. The maximum absolute atomic E-state index is 12.0. The van der Waals surface area contributed by atoms with Crippen molar-refractivity contribution in [1.29, 1.82) is 0 Å². The third-order valence-corrected chi connectivity index (χ3v) is 3.93. The second-order valence-corrected chi connectivity index (χ2v) is 6.30. The highest BCUT2D eigenvalue weighted by molar-refractivity contribution is 7.09. The van der Waals surface area contributed by atoms with Gasteiger partial charge in [-0.05, 0) is 19.3 Å². The summed E-state index contributed by atoms with van der Waals surface area (Å²) >= 11 is 1.56. The van der Waals surface area contributed by atoms with Gasteiger partial charge in [-0.25, -0.2) is 4.98 Å². The molecule has 1 atom stereocenters. The zero-order valence-corrected chi connectivity index (χ0v) is 12.3. The molecule has 5 nitrogen and oxygen atoms in total. The van der Waals surface area contributed by atoms with Crippen molar-refractivity contribution in [3.8, 4) is 0 Å². The maximum Gasteiger partial charge on any atom is 0.243 e. The Bertz CT molecular complexity index is 484. The van der Waals surface area contributed by atoms with E-state index in [1.165, 1.54) is 0 Å². The standard InChI is InChI=1S/C13H19N3O2S/c1-8(2)4-11-13(18)14-5-12(17)16(11)6-10-7-19-9(3)15-10/h7-8,11H,4-6H2,1-3H3,(H,14,18). The van der Waals surface area contributed by atoms with Crippen LogP contribution in [0.25, 0.3) is 0 Å². The minimum atomic E-state index is -0.372. The van der Waals surface area contributed by atoms with Crippen LogP contribution in [0.5, 0.6) is 0 Å². The van der Waals surface area contributed by atoms with E-state index in [0.717, 1.165) is 10.7 Å². The molecule has 2 amide bonds. The fourth-order valence-corrected chi connectivity index (χ4v) is 2.84. The molecule has 1 aromatic rings. The third-order valence-electron chi connectivity index (χ3n) is 3.11. The summed E-state index contributed by atoms with van der Waals surface area (Å²) < 4.78 is 0. The Hall–Kier alpha value is -1.43. The number of thiazole rings is 1. The Kier molecular flexibility index (Phi) is 4.19. The fourth-order valence-electron chi connectivity index (χ4n) is 2.23. The number of hydrogen-bond acceptors (Lipinski definition) is 4. The lowest BCUT2D eigenvalue weighted by Gasteiger charge is -2.35. The summed E-state index contributed by atoms with van der Waals surface area (Å²) in [7, 11) is 0. The van der Waals surface area contributed by atoms with Crippen LogP contribution in [0.1, 0.15) is 31.0 Å². The smallest absolute Gasteiger partial charge is 0.243 e. The summed E-state index contributed by atoms with van der Waals surface area (Å²) in [5, 5.41) is 5.58. The molecule has 1 aliphatic heterocycles. The third kappa shape index (κ3) is 3.32. The van der Waals surface area contributed by atoms with Crippen LogP contribution in [0.15, 0.2) is 5.38 Å². The predicted molar refractivity (Wildman–Crippen MR) is 73.7 cm³/mol. The Morgan fingerprint density at radius 1 is 1.53 bits per heavy atom. The van der Waals surface area contributed by atoms with E-state index >= 15 is 0 Å². The summed E-state index contributed by atoms with van der Waals surface area (Å²) in [4.78, 5) is 30.0. The highest BCUT2D eigenvalue weighted by Crippen LogP contribution is 2.19. The van der Waals surface area contributed by atoms with Gasteiger partial charge in [-0.2, -0.15) is 0 Å². The van der Waals surface area contributed by atoms with Gasteiger partial charge < -0.3 is 10.2 Å². The van der Waals surface area contributed by atoms with Gasteiger partial charge in [0.05, 0.1) is 23.8 Å². The first-order chi connectivity index (χ1) is 8.97. The van der Waals surface area contributed by atoms with Gasteiger partial charge in [0.25, 0.3) is 0 Å². The van der Waals surface area contributed by atoms with Gasteiger partial charge in [-0.15, -0.1) is 11.3 Å². The van der Waals surface area contributed by atoms with Crippen molar-refractivity contribution < 1.29 is 9.59 Å². The Morgan fingerprint density at radius 2 is 2.26 bits per heavy atom. The highest BCUT2D eigenvalue weighted by Gasteiger charge is 2.34. The van der Waals surface area contributed by atoms with Crippen LogP contribution in [0, 0.1) is 12.8 Å². The number of carbonyl (C=O) groups is 2. The molecule has 1 unspecified atom stereocenters. The van der Waals surface area contributed by atoms with Gasteiger partial charge in [0, 0.05) is 5.38 Å². The molecule has 0 aromatic carbocycles. The summed E-state index contributed by atoms with van der Waals surface area (Å²) in [6, 6.07) is -0.372. The van der Waals surface area contributed by atoms with Crippen LogP contribution in [-0.2, 0) is 16.1 Å². The van der Waals surface area contributed by atoms with E-state index in [1.54, 1.807) is 16.2 Å². The molecule has 0 saturated carbocycles. The lowest BCUT2D eigenvalue weighted by molar-refractivity contribution is -0.146. The molecule has 19 heavy (non-hydrogen) atoms. The SMILES string of the molecule is Cc1nc(CN2C(=O)CNC(=O)C2CC(C)C)cs1. The van der Waals surface area contributed by atoms with Crippen molar-refractivity contribution in [2.45, 2.75) is 39.8 Å². The Morgan fingerprint density at radius 3 is 2.84 bits per heavy atom. The summed E-state index contributed by atoms with van der Waals surface area (Å²) in [6.07, 6.45) is 0.681. The number of hydrogen-bond donors (Lipinski definition) is 1. The number of amides is 2. The number of carbonyl (C=O) groups excluding carboxylic acids is 2. The number of aryl methyl sites for hydroxylation is 1. The van der Waals surface area contributed by atoms with Crippen LogP contribution >= 0.6 is 11.3 Å². The number of nitrogens with one attached hydrogen (secondary N) is 1. The second kappa shape index (κ2) is 5.69. The van der Waals surface area contributed by atoms with Crippen molar-refractivity contribution in [1.82, 2.24) is 15.2 Å². The molecule has 104 valence electrons. The normalized spacial score (nSPS) is 20.0. The topological polar surface area (TPSA) is 62.3 Å². The van der Waals surface area contributed by atoms with Crippen molar-refractivity contribution in [2.75, 3.05) is 6.54 Å². The van der Waals surface area contributed by atoms with Crippen LogP contribution in [0.3, 0.4) is 0 Å². The van der Waals surface area contributed by atoms with E-state index in [4.69, 9.17) is 0 Å². The van der Waals surface area contributed by atoms with Gasteiger partial charge in [0.2, 0.25) is 11.8 Å². The van der Waals surface area contributed by atoms with Crippen molar-refractivity contribution in [3.63, 3.8) is 0 Å². The molecule has 2 rings (SSSR count). The lowest BCUT2D eigenvalue weighted by atomic mass is 10.00. The molecular formula is C13H19N3O2S. The first-order valence-corrected chi connectivity index (χ1v) is 7.33. The van der Waals surface area contributed by atoms with E-state index in [2.05, 4.69) is 24.1 Å². The van der Waals surface area contributed by atoms with Crippen LogP contribution < -0.4 is 5.32 Å². The zero-order valence-electron chi connectivity index (χ0n) is 11.5. The molecule has 0 bridgehead atoms. The number of piperazine rings is 1. The number of rotatable bonds is 4. The van der Waals surface area contributed by atoms with Crippen LogP contribution in [0.2, 0.25) is 0 Å². The first-order valence-electron chi connectivity index (χ1n) is 6.45. The molecule has 1 aromatic heterocycles. The zero-order chi connectivity index (χ0) is 14.0. The van der Waals surface area contributed by atoms with E-state index in [9.17, 15) is 9.59 Å². The Balaban J connectivity index is 2.16. The van der Waals surface area contributed by atoms with E-state index in [1.807, 2.05) is 12.3 Å². The number of aromatic nitrogens is 1. The summed E-state index contributed by atoms with van der Waals surface area (Å²) in [6.45, 7) is 6.56. The molecule has 1 N–H and O–H groups in total. The monoisotopic (exact) mass is 281 g/mol. The van der Waals surface area contributed by atoms with Crippen LogP contribution in [0.4, 0.5) is 0 Å². The average molecular weight is 281 g/mol. The lowest BCUT2D eigenvalue weighted by Crippen LogP contribution is -2.58. The summed E-state index contributed by atoms with van der Waals surface area (Å²) in [5.74, 6) is 0.275. The average Bonchev–Trinajstić information content (AvgIpc) is 2.74. The fraction of sp³-hybridized carbons (Fsp3) is 0.615. The molecule has 2 heterocycles. The molecule has 0 spiro atoms. The molecule has 1 aliphatic rings. The molecule has 0 radical (unpaired) electrons. The van der Waals surface area contributed by atoms with E-state index in [0.29, 0.717) is 18.9 Å². The minimum Gasteiger partial charge on any atom is -0.345 e. The number of nitrogens with zero attached hydrogens (tertiary/aromatic N) is 2. The highest BCUT2D eigenvalue weighted by atomic mass is 32.1. The van der Waals surface area contributed by atoms with Crippen molar-refractivity contribution in [2.24, 2.45) is 5.92 Å². The van der Waals surface area contributed by atoms with Gasteiger partial charge in [0.15, 0.2) is 0 Å². The van der Waals surface area contributed by atoms with Gasteiger partial charge in [-0.1, -0.05) is 13.8 Å². The second-order valence-electron chi connectivity index (χ2n) is 5.24. The van der Waals surface area contributed by atoms with Crippen LogP contribution in [-0.4, -0.2) is 34.3 Å². The minimum absolute atomic E-state index is 0.0316. The molecule has 0 aliphatic carbocycles. The quantitative estimate of drug-likeness (QED) is 0.905. The molecule has 1 saturated heterocycles. The van der Waals surface area contributed by atoms with Crippen molar-refractivity contribution >= 4 is 23.2 Å². The summed E-state index contributed by atoms with van der Waals surface area (Å²) in [5.41, 5.74) is 0.860. The van der Waals surface area contributed by atoms with Gasteiger partial charge >= 0.3 is 0 Å². The van der Waals surface area contributed by atoms with E-state index < -0.39 is 0 Å². The van der Waals surface area contributed by atoms with Gasteiger partial charge in [-0.3, -0.25) is 9.59 Å². The largest absolute Gasteiger partial charge is 0.345 e. The maximum atomic E-state index is 12.0.